The molecule has 0 saturated carbocycles. The van der Waals surface area contributed by atoms with E-state index in [0.717, 1.165) is 11.8 Å². The number of nitrogens with one attached hydrogen (secondary N) is 1. The van der Waals surface area contributed by atoms with Crippen LogP contribution in [-0.4, -0.2) is 6.04 Å². The van der Waals surface area contributed by atoms with E-state index in [2.05, 4.69) is 33.1 Å². The number of rotatable bonds is 9. The molecule has 92 valence electrons. The zero-order valence-electron chi connectivity index (χ0n) is 11.1. The van der Waals surface area contributed by atoms with E-state index in [0.29, 0.717) is 6.04 Å². The molecule has 0 rings (SSSR count). The fourth-order valence-electron chi connectivity index (χ4n) is 2.26. The molecular weight excluding hydrogens is 184 g/mol. The van der Waals surface area contributed by atoms with Crippen LogP contribution in [0.15, 0.2) is 0 Å². The number of hydrogen-bond donors (Lipinski definition) is 2. The topological polar surface area (TPSA) is 38.0 Å². The fraction of sp³-hybridized carbons (Fsp3) is 1.00. The van der Waals surface area contributed by atoms with Gasteiger partial charge in [-0.1, -0.05) is 40.5 Å². The standard InChI is InChI=1S/C13H30N2/c1-5-7-12(8-6-2)13(15-14)10-9-11(3)4/h11-13,15H,5-10,14H2,1-4H3. The van der Waals surface area contributed by atoms with Crippen LogP contribution in [0.5, 0.6) is 0 Å². The summed E-state index contributed by atoms with van der Waals surface area (Å²) < 4.78 is 0. The highest BCUT2D eigenvalue weighted by Gasteiger charge is 2.18. The van der Waals surface area contributed by atoms with Gasteiger partial charge in [-0.25, -0.2) is 0 Å². The SMILES string of the molecule is CCCC(CCC)C(CCC(C)C)NN. The predicted octanol–water partition coefficient (Wildman–Crippen LogP) is 3.47. The minimum Gasteiger partial charge on any atom is -0.271 e. The van der Waals surface area contributed by atoms with Crippen molar-refractivity contribution in [2.24, 2.45) is 17.7 Å². The van der Waals surface area contributed by atoms with Gasteiger partial charge in [-0.3, -0.25) is 11.3 Å². The minimum absolute atomic E-state index is 0.521. The molecule has 0 saturated heterocycles. The third-order valence-corrected chi connectivity index (χ3v) is 3.16. The smallest absolute Gasteiger partial charge is 0.0238 e. The van der Waals surface area contributed by atoms with Crippen molar-refractivity contribution >= 4 is 0 Å². The molecule has 0 aromatic heterocycles. The Hall–Kier alpha value is -0.0800. The first-order chi connectivity index (χ1) is 7.15. The molecule has 0 amide bonds. The molecule has 15 heavy (non-hydrogen) atoms. The molecule has 2 heteroatoms. The maximum Gasteiger partial charge on any atom is 0.0238 e. The van der Waals surface area contributed by atoms with Crippen molar-refractivity contribution in [3.63, 3.8) is 0 Å². The van der Waals surface area contributed by atoms with Gasteiger partial charge in [0.15, 0.2) is 0 Å². The van der Waals surface area contributed by atoms with Gasteiger partial charge < -0.3 is 0 Å². The molecule has 0 fully saturated rings. The van der Waals surface area contributed by atoms with Crippen molar-refractivity contribution in [3.8, 4) is 0 Å². The molecule has 0 heterocycles. The van der Waals surface area contributed by atoms with E-state index >= 15 is 0 Å². The van der Waals surface area contributed by atoms with E-state index < -0.39 is 0 Å². The average molecular weight is 214 g/mol. The summed E-state index contributed by atoms with van der Waals surface area (Å²) in [7, 11) is 0. The summed E-state index contributed by atoms with van der Waals surface area (Å²) in [5.74, 6) is 7.22. The van der Waals surface area contributed by atoms with Crippen LogP contribution >= 0.6 is 0 Å². The van der Waals surface area contributed by atoms with Crippen LogP contribution in [0.25, 0.3) is 0 Å². The van der Waals surface area contributed by atoms with Gasteiger partial charge in [-0.15, -0.1) is 0 Å². The zero-order valence-corrected chi connectivity index (χ0v) is 11.1. The van der Waals surface area contributed by atoms with Crippen LogP contribution in [0.3, 0.4) is 0 Å². The molecule has 0 spiro atoms. The second-order valence-corrected chi connectivity index (χ2v) is 5.08. The number of hydrazine groups is 1. The van der Waals surface area contributed by atoms with Gasteiger partial charge in [-0.2, -0.15) is 0 Å². The summed E-state index contributed by atoms with van der Waals surface area (Å²) in [5.41, 5.74) is 3.03. The van der Waals surface area contributed by atoms with E-state index in [9.17, 15) is 0 Å². The lowest BCUT2D eigenvalue weighted by Gasteiger charge is -2.26. The Morgan fingerprint density at radius 3 is 1.80 bits per heavy atom. The highest BCUT2D eigenvalue weighted by molar-refractivity contribution is 4.74. The third kappa shape index (κ3) is 6.91. The largest absolute Gasteiger partial charge is 0.271 e. The summed E-state index contributed by atoms with van der Waals surface area (Å²) in [6.07, 6.45) is 7.65. The molecule has 3 N–H and O–H groups in total. The summed E-state index contributed by atoms with van der Waals surface area (Å²) in [4.78, 5) is 0. The molecule has 0 aromatic rings. The molecule has 0 aliphatic carbocycles. The second kappa shape index (κ2) is 9.17. The van der Waals surface area contributed by atoms with Crippen molar-refractivity contribution in [2.75, 3.05) is 0 Å². The van der Waals surface area contributed by atoms with Crippen molar-refractivity contribution in [2.45, 2.75) is 72.3 Å². The van der Waals surface area contributed by atoms with Gasteiger partial charge in [0, 0.05) is 6.04 Å². The monoisotopic (exact) mass is 214 g/mol. The molecule has 0 aromatic carbocycles. The van der Waals surface area contributed by atoms with Gasteiger partial charge >= 0.3 is 0 Å². The van der Waals surface area contributed by atoms with E-state index in [1.807, 2.05) is 0 Å². The molecule has 0 bridgehead atoms. The molecule has 1 unspecified atom stereocenters. The Kier molecular flexibility index (Phi) is 9.12. The van der Waals surface area contributed by atoms with Gasteiger partial charge in [0.1, 0.15) is 0 Å². The van der Waals surface area contributed by atoms with Gasteiger partial charge in [0.25, 0.3) is 0 Å². The molecule has 0 aliphatic rings. The third-order valence-electron chi connectivity index (χ3n) is 3.16. The van der Waals surface area contributed by atoms with E-state index in [1.165, 1.54) is 38.5 Å². The Morgan fingerprint density at radius 2 is 1.47 bits per heavy atom. The Labute approximate surface area is 96.0 Å². The number of hydrogen-bond acceptors (Lipinski definition) is 2. The molecule has 0 radical (unpaired) electrons. The predicted molar refractivity (Wildman–Crippen MR) is 68.5 cm³/mol. The second-order valence-electron chi connectivity index (χ2n) is 5.08. The maximum absolute atomic E-state index is 5.67. The fourth-order valence-corrected chi connectivity index (χ4v) is 2.26. The van der Waals surface area contributed by atoms with Crippen LogP contribution < -0.4 is 11.3 Å². The summed E-state index contributed by atoms with van der Waals surface area (Å²) in [5, 5.41) is 0. The van der Waals surface area contributed by atoms with Gasteiger partial charge in [0.2, 0.25) is 0 Å². The lowest BCUT2D eigenvalue weighted by Crippen LogP contribution is -2.41. The Balaban J connectivity index is 4.05. The average Bonchev–Trinajstić information content (AvgIpc) is 2.19. The highest BCUT2D eigenvalue weighted by atomic mass is 15.2. The quantitative estimate of drug-likeness (QED) is 0.455. The molecular formula is C13H30N2. The van der Waals surface area contributed by atoms with Crippen LogP contribution in [0.2, 0.25) is 0 Å². The molecule has 0 aliphatic heterocycles. The van der Waals surface area contributed by atoms with Crippen LogP contribution in [0.1, 0.15) is 66.2 Å². The first-order valence-corrected chi connectivity index (χ1v) is 6.61. The maximum atomic E-state index is 5.67. The molecule has 2 nitrogen and oxygen atoms in total. The highest BCUT2D eigenvalue weighted by Crippen LogP contribution is 2.22. The lowest BCUT2D eigenvalue weighted by atomic mass is 9.87. The first kappa shape index (κ1) is 14.9. The first-order valence-electron chi connectivity index (χ1n) is 6.61. The summed E-state index contributed by atoms with van der Waals surface area (Å²) >= 11 is 0. The summed E-state index contributed by atoms with van der Waals surface area (Å²) in [6, 6.07) is 0.521. The molecule has 1 atom stereocenters. The van der Waals surface area contributed by atoms with Crippen LogP contribution in [-0.2, 0) is 0 Å². The summed E-state index contributed by atoms with van der Waals surface area (Å²) in [6.45, 7) is 9.09. The van der Waals surface area contributed by atoms with Crippen molar-refractivity contribution in [1.82, 2.24) is 5.43 Å². The van der Waals surface area contributed by atoms with E-state index in [4.69, 9.17) is 5.84 Å². The van der Waals surface area contributed by atoms with Crippen molar-refractivity contribution in [1.29, 1.82) is 0 Å². The van der Waals surface area contributed by atoms with Crippen molar-refractivity contribution in [3.05, 3.63) is 0 Å². The van der Waals surface area contributed by atoms with Crippen LogP contribution in [0, 0.1) is 11.8 Å². The van der Waals surface area contributed by atoms with Gasteiger partial charge in [0.05, 0.1) is 0 Å². The van der Waals surface area contributed by atoms with Gasteiger partial charge in [-0.05, 0) is 37.5 Å². The van der Waals surface area contributed by atoms with E-state index in [1.54, 1.807) is 0 Å². The minimum atomic E-state index is 0.521. The Bertz CT molecular complexity index is 128. The van der Waals surface area contributed by atoms with Crippen LogP contribution in [0.4, 0.5) is 0 Å². The van der Waals surface area contributed by atoms with E-state index in [-0.39, 0.29) is 0 Å². The van der Waals surface area contributed by atoms with Crippen molar-refractivity contribution < 1.29 is 0 Å². The normalized spacial score (nSPS) is 13.8. The number of nitrogens with two attached hydrogens (primary N) is 1. The lowest BCUT2D eigenvalue weighted by molar-refractivity contribution is 0.285. The zero-order chi connectivity index (χ0) is 11.7. The Morgan fingerprint density at radius 1 is 0.933 bits per heavy atom.